The zero-order valence-corrected chi connectivity index (χ0v) is 21.0. The predicted molar refractivity (Wildman–Crippen MR) is 133 cm³/mol. The van der Waals surface area contributed by atoms with Crippen molar-refractivity contribution < 1.29 is 18.6 Å². The second kappa shape index (κ2) is 11.2. The van der Waals surface area contributed by atoms with Gasteiger partial charge in [0, 0.05) is 56.5 Å². The highest BCUT2D eigenvalue weighted by Gasteiger charge is 2.35. The number of methoxy groups -OCH3 is 1. The lowest BCUT2D eigenvalue weighted by atomic mass is 9.93. The molecule has 1 N–H and O–H groups in total. The highest BCUT2D eigenvalue weighted by molar-refractivity contribution is 5.49. The average molecular weight is 526 g/mol. The number of benzene rings is 2. The summed E-state index contributed by atoms with van der Waals surface area (Å²) >= 11 is 0. The molecular weight excluding hydrogens is 496 g/mol. The van der Waals surface area contributed by atoms with Crippen LogP contribution < -0.4 is 9.64 Å². The Labute approximate surface area is 218 Å². The Morgan fingerprint density at radius 2 is 1.82 bits per heavy atom. The molecule has 5 rings (SSSR count). The van der Waals surface area contributed by atoms with Crippen molar-refractivity contribution in [2.24, 2.45) is 0 Å². The number of rotatable bonds is 10. The summed E-state index contributed by atoms with van der Waals surface area (Å²) in [6.07, 6.45) is 3.29. The van der Waals surface area contributed by atoms with Crippen molar-refractivity contribution in [2.45, 2.75) is 25.1 Å². The fourth-order valence-electron chi connectivity index (χ4n) is 4.63. The van der Waals surface area contributed by atoms with Crippen LogP contribution in [0, 0.1) is 11.6 Å². The van der Waals surface area contributed by atoms with E-state index in [1.54, 1.807) is 7.11 Å². The van der Waals surface area contributed by atoms with Crippen LogP contribution in [-0.4, -0.2) is 84.8 Å². The van der Waals surface area contributed by atoms with Gasteiger partial charge < -0.3 is 14.7 Å². The van der Waals surface area contributed by atoms with Crippen molar-refractivity contribution in [1.29, 1.82) is 0 Å². The Morgan fingerprint density at radius 1 is 1.03 bits per heavy atom. The quantitative estimate of drug-likeness (QED) is 0.329. The molecule has 0 bridgehead atoms. The van der Waals surface area contributed by atoms with Crippen LogP contribution in [0.5, 0.6) is 5.75 Å². The molecule has 2 aromatic heterocycles. The van der Waals surface area contributed by atoms with Gasteiger partial charge in [-0.2, -0.15) is 9.90 Å². The maximum atomic E-state index is 14.7. The number of hydrogen-bond donors (Lipinski definition) is 1. The van der Waals surface area contributed by atoms with E-state index in [1.807, 2.05) is 12.1 Å². The molecule has 1 fully saturated rings. The molecule has 2 aromatic carbocycles. The number of ether oxygens (including phenoxy) is 1. The summed E-state index contributed by atoms with van der Waals surface area (Å²) in [7, 11) is 1.66. The van der Waals surface area contributed by atoms with E-state index in [9.17, 15) is 13.9 Å². The van der Waals surface area contributed by atoms with E-state index in [2.05, 4.69) is 47.4 Å². The molecule has 3 heterocycles. The molecule has 0 aliphatic carbocycles. The molecule has 1 unspecified atom stereocenters. The van der Waals surface area contributed by atoms with Crippen LogP contribution in [-0.2, 0) is 25.1 Å². The van der Waals surface area contributed by atoms with Gasteiger partial charge in [-0.1, -0.05) is 6.07 Å². The summed E-state index contributed by atoms with van der Waals surface area (Å²) in [4.78, 5) is 9.79. The van der Waals surface area contributed by atoms with E-state index in [1.165, 1.54) is 33.9 Å². The molecule has 1 saturated heterocycles. The van der Waals surface area contributed by atoms with Gasteiger partial charge in [-0.25, -0.2) is 18.4 Å². The van der Waals surface area contributed by atoms with Crippen molar-refractivity contribution >= 4 is 5.69 Å². The summed E-state index contributed by atoms with van der Waals surface area (Å²) in [6, 6.07) is 11.1. The molecule has 1 aliphatic rings. The first-order valence-corrected chi connectivity index (χ1v) is 12.3. The predicted octanol–water partition coefficient (Wildman–Crippen LogP) is 1.50. The maximum Gasteiger partial charge on any atom is 0.176 e. The zero-order chi connectivity index (χ0) is 26.5. The van der Waals surface area contributed by atoms with Gasteiger partial charge in [0.15, 0.2) is 5.82 Å². The third kappa shape index (κ3) is 5.94. The number of halogens is 2. The number of tetrazole rings is 1. The van der Waals surface area contributed by atoms with Gasteiger partial charge in [0.25, 0.3) is 0 Å². The van der Waals surface area contributed by atoms with Crippen LogP contribution in [0.25, 0.3) is 0 Å². The Morgan fingerprint density at radius 3 is 2.50 bits per heavy atom. The summed E-state index contributed by atoms with van der Waals surface area (Å²) in [6.45, 7) is 4.05. The number of nitrogens with zero attached hydrogens (tertiary/aromatic N) is 9. The van der Waals surface area contributed by atoms with Crippen molar-refractivity contribution in [3.8, 4) is 5.75 Å². The minimum Gasteiger partial charge on any atom is -0.497 e. The normalized spacial score (nSPS) is 15.9. The summed E-state index contributed by atoms with van der Waals surface area (Å²) in [5.74, 6) is -0.250. The molecule has 200 valence electrons. The van der Waals surface area contributed by atoms with Crippen molar-refractivity contribution in [1.82, 2.24) is 39.9 Å². The van der Waals surface area contributed by atoms with Gasteiger partial charge in [-0.15, -0.1) is 10.2 Å². The minimum atomic E-state index is -1.82. The van der Waals surface area contributed by atoms with Gasteiger partial charge in [0.2, 0.25) is 0 Å². The van der Waals surface area contributed by atoms with Gasteiger partial charge in [-0.3, -0.25) is 4.90 Å². The highest BCUT2D eigenvalue weighted by Crippen LogP contribution is 2.28. The molecular formula is C25H29F2N9O2. The van der Waals surface area contributed by atoms with E-state index in [-0.39, 0.29) is 18.7 Å². The number of hydrogen-bond acceptors (Lipinski definition) is 9. The van der Waals surface area contributed by atoms with Gasteiger partial charge in [0.1, 0.15) is 35.6 Å². The van der Waals surface area contributed by atoms with Gasteiger partial charge in [0.05, 0.1) is 20.2 Å². The molecule has 1 aliphatic heterocycles. The average Bonchev–Trinajstić information content (AvgIpc) is 3.59. The molecule has 0 saturated carbocycles. The first-order chi connectivity index (χ1) is 18.4. The van der Waals surface area contributed by atoms with E-state index < -0.39 is 17.2 Å². The first-order valence-electron chi connectivity index (χ1n) is 12.3. The zero-order valence-electron chi connectivity index (χ0n) is 21.0. The fourth-order valence-corrected chi connectivity index (χ4v) is 4.63. The van der Waals surface area contributed by atoms with Crippen molar-refractivity contribution in [2.75, 3.05) is 44.7 Å². The lowest BCUT2D eigenvalue weighted by Gasteiger charge is -2.36. The Balaban J connectivity index is 1.19. The van der Waals surface area contributed by atoms with E-state index in [0.29, 0.717) is 12.2 Å². The summed E-state index contributed by atoms with van der Waals surface area (Å²) in [5.41, 5.74) is -0.740. The minimum absolute atomic E-state index is 0.0945. The Kier molecular flexibility index (Phi) is 7.56. The summed E-state index contributed by atoms with van der Waals surface area (Å²) < 4.78 is 34.8. The third-order valence-electron chi connectivity index (χ3n) is 6.68. The molecule has 38 heavy (non-hydrogen) atoms. The Hall–Kier alpha value is -3.97. The van der Waals surface area contributed by atoms with E-state index >= 15 is 0 Å². The topological polar surface area (TPSA) is 110 Å². The van der Waals surface area contributed by atoms with Crippen LogP contribution in [0.3, 0.4) is 0 Å². The molecule has 0 amide bonds. The molecule has 0 radical (unpaired) electrons. The Bertz CT molecular complexity index is 1330. The van der Waals surface area contributed by atoms with Crippen molar-refractivity contribution in [3.05, 3.63) is 78.1 Å². The second-order valence-electron chi connectivity index (χ2n) is 9.26. The first kappa shape index (κ1) is 25.7. The molecule has 0 spiro atoms. The number of aromatic nitrogens is 7. The summed E-state index contributed by atoms with van der Waals surface area (Å²) in [5, 5.41) is 28.1. The number of anilines is 1. The third-order valence-corrected chi connectivity index (χ3v) is 6.68. The van der Waals surface area contributed by atoms with Gasteiger partial charge in [-0.05, 0) is 35.5 Å². The molecule has 4 aromatic rings. The van der Waals surface area contributed by atoms with Crippen LogP contribution >= 0.6 is 0 Å². The number of piperazine rings is 1. The van der Waals surface area contributed by atoms with Gasteiger partial charge >= 0.3 is 0 Å². The van der Waals surface area contributed by atoms with Crippen molar-refractivity contribution in [3.63, 3.8) is 0 Å². The second-order valence-corrected chi connectivity index (χ2v) is 9.26. The molecule has 1 atom stereocenters. The lowest BCUT2D eigenvalue weighted by molar-refractivity contribution is -0.0125. The van der Waals surface area contributed by atoms with E-state index in [0.717, 1.165) is 50.6 Å². The SMILES string of the molecule is COc1ccc(N2CCN(CCc3nnn(CC(O)(Cn4cncn4)c4ccc(F)cc4F)n3)CC2)cc1. The smallest absolute Gasteiger partial charge is 0.176 e. The largest absolute Gasteiger partial charge is 0.497 e. The standard InChI is InChI=1S/C25H29F2N9O2/c1-38-21-5-3-20(4-6-21)34-12-10-33(11-13-34)9-8-24-30-32-36(31-24)16-25(37,15-35-18-28-17-29-35)22-7-2-19(26)14-23(22)27/h2-7,14,17-18,37H,8-13,15-16H2,1H3. The molecule has 13 heteroatoms. The van der Waals surface area contributed by atoms with Crippen LogP contribution in [0.15, 0.2) is 55.1 Å². The van der Waals surface area contributed by atoms with E-state index in [4.69, 9.17) is 4.74 Å². The van der Waals surface area contributed by atoms with Crippen LogP contribution in [0.2, 0.25) is 0 Å². The fraction of sp³-hybridized carbons (Fsp3) is 0.400. The monoisotopic (exact) mass is 525 g/mol. The highest BCUT2D eigenvalue weighted by atomic mass is 19.1. The lowest BCUT2D eigenvalue weighted by Crippen LogP contribution is -2.47. The van der Waals surface area contributed by atoms with Crippen LogP contribution in [0.1, 0.15) is 11.4 Å². The molecule has 11 nitrogen and oxygen atoms in total. The maximum absolute atomic E-state index is 14.7. The number of aliphatic hydroxyl groups is 1. The van der Waals surface area contributed by atoms with Crippen LogP contribution in [0.4, 0.5) is 14.5 Å².